The number of hydrogen-bond acceptors (Lipinski definition) is 3. The van der Waals surface area contributed by atoms with Crippen molar-refractivity contribution in [1.82, 2.24) is 0 Å². The Morgan fingerprint density at radius 3 is 2.18 bits per heavy atom. The number of carboxylic acids is 1. The van der Waals surface area contributed by atoms with Crippen LogP contribution in [-0.4, -0.2) is 28.9 Å². The van der Waals surface area contributed by atoms with Gasteiger partial charge < -0.3 is 14.9 Å². The van der Waals surface area contributed by atoms with Crippen LogP contribution < -0.4 is 4.74 Å². The van der Waals surface area contributed by atoms with E-state index in [-0.39, 0.29) is 13.0 Å². The van der Waals surface area contributed by atoms with Gasteiger partial charge in [-0.15, -0.1) is 0 Å². The summed E-state index contributed by atoms with van der Waals surface area (Å²) in [5.74, 6) is 5.49. The SMILES string of the molecule is O=C(O)C(O)Cc1ccc(C#CCOc2ccc(-c3ccccc3)cc2)cc1. The highest BCUT2D eigenvalue weighted by Crippen LogP contribution is 2.21. The van der Waals surface area contributed by atoms with Crippen LogP contribution in [0.1, 0.15) is 11.1 Å². The molecule has 2 N–H and O–H groups in total. The summed E-state index contributed by atoms with van der Waals surface area (Å²) in [7, 11) is 0. The molecular weight excluding hydrogens is 352 g/mol. The van der Waals surface area contributed by atoms with Gasteiger partial charge in [-0.1, -0.05) is 66.4 Å². The molecule has 0 heterocycles. The topological polar surface area (TPSA) is 66.8 Å². The smallest absolute Gasteiger partial charge is 0.332 e. The monoisotopic (exact) mass is 372 g/mol. The zero-order valence-electron chi connectivity index (χ0n) is 15.2. The van der Waals surface area contributed by atoms with E-state index in [1.165, 1.54) is 0 Å². The summed E-state index contributed by atoms with van der Waals surface area (Å²) in [6.45, 7) is 0.268. The maximum atomic E-state index is 10.7. The second kappa shape index (κ2) is 9.40. The van der Waals surface area contributed by atoms with Gasteiger partial charge in [0, 0.05) is 12.0 Å². The predicted octanol–water partition coefficient (Wildman–Crippen LogP) is 3.77. The largest absolute Gasteiger partial charge is 0.481 e. The first-order valence-electron chi connectivity index (χ1n) is 8.89. The van der Waals surface area contributed by atoms with Crippen molar-refractivity contribution in [2.75, 3.05) is 6.61 Å². The van der Waals surface area contributed by atoms with Crippen LogP contribution in [0.5, 0.6) is 5.75 Å². The van der Waals surface area contributed by atoms with Crippen LogP contribution in [0.25, 0.3) is 11.1 Å². The summed E-state index contributed by atoms with van der Waals surface area (Å²) >= 11 is 0. The molecule has 0 aromatic heterocycles. The minimum atomic E-state index is -1.39. The molecule has 1 atom stereocenters. The third-order valence-corrected chi connectivity index (χ3v) is 4.17. The van der Waals surface area contributed by atoms with Gasteiger partial charge in [-0.3, -0.25) is 0 Å². The van der Waals surface area contributed by atoms with Gasteiger partial charge in [-0.2, -0.15) is 0 Å². The Labute approximate surface area is 164 Å². The third-order valence-electron chi connectivity index (χ3n) is 4.17. The molecule has 140 valence electrons. The fourth-order valence-electron chi connectivity index (χ4n) is 2.67. The van der Waals surface area contributed by atoms with E-state index < -0.39 is 12.1 Å². The number of carbonyl (C=O) groups is 1. The lowest BCUT2D eigenvalue weighted by atomic mass is 10.1. The average Bonchev–Trinajstić information content (AvgIpc) is 2.73. The van der Waals surface area contributed by atoms with Gasteiger partial charge in [0.05, 0.1) is 0 Å². The first kappa shape index (κ1) is 19.2. The third kappa shape index (κ3) is 5.47. The van der Waals surface area contributed by atoms with Crippen LogP contribution in [0, 0.1) is 11.8 Å². The molecular formula is C24H20O4. The van der Waals surface area contributed by atoms with Crippen molar-refractivity contribution in [2.45, 2.75) is 12.5 Å². The molecule has 0 aliphatic rings. The second-order valence-electron chi connectivity index (χ2n) is 6.24. The van der Waals surface area contributed by atoms with Gasteiger partial charge in [-0.25, -0.2) is 4.79 Å². The zero-order chi connectivity index (χ0) is 19.8. The Morgan fingerprint density at radius 1 is 0.893 bits per heavy atom. The lowest BCUT2D eigenvalue weighted by Crippen LogP contribution is -2.21. The van der Waals surface area contributed by atoms with E-state index >= 15 is 0 Å². The van der Waals surface area contributed by atoms with Crippen molar-refractivity contribution in [2.24, 2.45) is 0 Å². The predicted molar refractivity (Wildman–Crippen MR) is 108 cm³/mol. The van der Waals surface area contributed by atoms with Crippen molar-refractivity contribution < 1.29 is 19.7 Å². The first-order valence-corrected chi connectivity index (χ1v) is 8.89. The molecule has 3 aromatic rings. The number of aliphatic hydroxyl groups excluding tert-OH is 1. The molecule has 28 heavy (non-hydrogen) atoms. The summed E-state index contributed by atoms with van der Waals surface area (Å²) in [6, 6.07) is 25.1. The molecule has 0 aliphatic carbocycles. The van der Waals surface area contributed by atoms with E-state index in [4.69, 9.17) is 9.84 Å². The maximum absolute atomic E-state index is 10.7. The van der Waals surface area contributed by atoms with Gasteiger partial charge in [0.25, 0.3) is 0 Å². The van der Waals surface area contributed by atoms with Gasteiger partial charge in [-0.05, 0) is 41.0 Å². The van der Waals surface area contributed by atoms with Crippen LogP contribution in [0.15, 0.2) is 78.9 Å². The molecule has 3 aromatic carbocycles. The van der Waals surface area contributed by atoms with Crippen LogP contribution >= 0.6 is 0 Å². The minimum absolute atomic E-state index is 0.0745. The van der Waals surface area contributed by atoms with Crippen LogP contribution in [-0.2, 0) is 11.2 Å². The number of ether oxygens (including phenoxy) is 1. The Bertz CT molecular complexity index is 965. The zero-order valence-corrected chi connectivity index (χ0v) is 15.2. The van der Waals surface area contributed by atoms with Crippen molar-refractivity contribution in [3.05, 3.63) is 90.0 Å². The number of benzene rings is 3. The Kier molecular flexibility index (Phi) is 6.46. The van der Waals surface area contributed by atoms with E-state index in [0.29, 0.717) is 0 Å². The summed E-state index contributed by atoms with van der Waals surface area (Å²) < 4.78 is 5.65. The van der Waals surface area contributed by atoms with E-state index in [1.54, 1.807) is 24.3 Å². The summed E-state index contributed by atoms with van der Waals surface area (Å²) in [6.07, 6.45) is -1.32. The highest BCUT2D eigenvalue weighted by atomic mass is 16.5. The summed E-state index contributed by atoms with van der Waals surface area (Å²) in [4.78, 5) is 10.7. The van der Waals surface area contributed by atoms with Gasteiger partial charge in [0.2, 0.25) is 0 Å². The molecule has 1 unspecified atom stereocenters. The van der Waals surface area contributed by atoms with Crippen molar-refractivity contribution in [3.63, 3.8) is 0 Å². The first-order chi connectivity index (χ1) is 13.6. The molecule has 0 radical (unpaired) electrons. The fraction of sp³-hybridized carbons (Fsp3) is 0.125. The highest BCUT2D eigenvalue weighted by molar-refractivity contribution is 5.72. The van der Waals surface area contributed by atoms with E-state index in [0.717, 1.165) is 28.0 Å². The molecule has 0 spiro atoms. The van der Waals surface area contributed by atoms with E-state index in [1.807, 2.05) is 42.5 Å². The van der Waals surface area contributed by atoms with Crippen molar-refractivity contribution in [3.8, 4) is 28.7 Å². The lowest BCUT2D eigenvalue weighted by molar-refractivity contribution is -0.146. The molecule has 0 aliphatic heterocycles. The molecule has 3 rings (SSSR count). The van der Waals surface area contributed by atoms with Gasteiger partial charge in [0.1, 0.15) is 12.4 Å². The standard InChI is InChI=1S/C24H20O4/c25-23(24(26)27)17-19-10-8-18(9-11-19)5-4-16-28-22-14-12-21(13-15-22)20-6-2-1-3-7-20/h1-3,6-15,23,25H,16-17H2,(H,26,27). The highest BCUT2D eigenvalue weighted by Gasteiger charge is 2.13. The van der Waals surface area contributed by atoms with Crippen LogP contribution in [0.3, 0.4) is 0 Å². The van der Waals surface area contributed by atoms with E-state index in [9.17, 15) is 9.90 Å². The fourth-order valence-corrected chi connectivity index (χ4v) is 2.67. The Balaban J connectivity index is 1.51. The van der Waals surface area contributed by atoms with Gasteiger partial charge in [0.15, 0.2) is 6.10 Å². The molecule has 4 heteroatoms. The van der Waals surface area contributed by atoms with E-state index in [2.05, 4.69) is 24.0 Å². The van der Waals surface area contributed by atoms with Gasteiger partial charge >= 0.3 is 5.97 Å². The van der Waals surface area contributed by atoms with Crippen molar-refractivity contribution in [1.29, 1.82) is 0 Å². The van der Waals surface area contributed by atoms with Crippen LogP contribution in [0.2, 0.25) is 0 Å². The number of aliphatic carboxylic acids is 1. The summed E-state index contributed by atoms with van der Waals surface area (Å²) in [5.41, 5.74) is 3.84. The Hall–Kier alpha value is -3.55. The molecule has 0 saturated heterocycles. The number of rotatable bonds is 6. The molecule has 0 bridgehead atoms. The number of carboxylic acid groups (broad SMARTS) is 1. The quantitative estimate of drug-likeness (QED) is 0.647. The normalized spacial score (nSPS) is 11.2. The molecule has 0 saturated carbocycles. The molecule has 0 fully saturated rings. The number of aliphatic hydroxyl groups is 1. The average molecular weight is 372 g/mol. The second-order valence-corrected chi connectivity index (χ2v) is 6.24. The molecule has 0 amide bonds. The van der Waals surface area contributed by atoms with Crippen LogP contribution in [0.4, 0.5) is 0 Å². The maximum Gasteiger partial charge on any atom is 0.332 e. The number of hydrogen-bond donors (Lipinski definition) is 2. The summed E-state index contributed by atoms with van der Waals surface area (Å²) in [5, 5.41) is 18.1. The Morgan fingerprint density at radius 2 is 1.54 bits per heavy atom. The lowest BCUT2D eigenvalue weighted by Gasteiger charge is -2.05. The van der Waals surface area contributed by atoms with Crippen molar-refractivity contribution >= 4 is 5.97 Å². The minimum Gasteiger partial charge on any atom is -0.481 e. The molecule has 4 nitrogen and oxygen atoms in total.